The number of hydrogen-bond donors (Lipinski definition) is 3. The summed E-state index contributed by atoms with van der Waals surface area (Å²) in [5.74, 6) is 0.0414. The van der Waals surface area contributed by atoms with E-state index in [4.69, 9.17) is 5.73 Å². The van der Waals surface area contributed by atoms with Crippen LogP contribution in [0.5, 0.6) is 0 Å². The first-order chi connectivity index (χ1) is 14.8. The van der Waals surface area contributed by atoms with E-state index in [1.54, 1.807) is 23.1 Å². The number of fused-ring (bicyclic) bond motifs is 1. The van der Waals surface area contributed by atoms with E-state index in [1.165, 1.54) is 12.8 Å². The Balaban J connectivity index is 1.58. The van der Waals surface area contributed by atoms with Crippen molar-refractivity contribution in [3.05, 3.63) is 23.8 Å². The first-order valence-corrected chi connectivity index (χ1v) is 11.4. The van der Waals surface area contributed by atoms with Crippen LogP contribution in [0.1, 0.15) is 56.3 Å². The third-order valence-corrected chi connectivity index (χ3v) is 6.87. The van der Waals surface area contributed by atoms with Gasteiger partial charge in [-0.1, -0.05) is 19.8 Å². The molecule has 0 radical (unpaired) electrons. The Morgan fingerprint density at radius 3 is 2.55 bits per heavy atom. The van der Waals surface area contributed by atoms with Crippen molar-refractivity contribution in [1.82, 2.24) is 10.2 Å². The molecule has 4 rings (SSSR count). The summed E-state index contributed by atoms with van der Waals surface area (Å²) in [6.07, 6.45) is 5.05. The standard InChI is InChI=1S/C23H33N5O3/c1-14-15(2)28(23(31)27-11-8-18(24)9-12-27)20-6-5-17(13-19(20)26-21(14)29)22(30)25-10-7-16-3-4-16/h5-6,13-16,18H,3-4,7-12,24H2,1-2H3,(H,25,30)(H,26,29). The van der Waals surface area contributed by atoms with Gasteiger partial charge in [-0.3, -0.25) is 14.5 Å². The van der Waals surface area contributed by atoms with Gasteiger partial charge in [-0.05, 0) is 50.3 Å². The molecule has 0 bridgehead atoms. The lowest BCUT2D eigenvalue weighted by Gasteiger charge is -2.38. The summed E-state index contributed by atoms with van der Waals surface area (Å²) in [6, 6.07) is 4.87. The Hall–Kier alpha value is -2.61. The Kier molecular flexibility index (Phi) is 6.18. The zero-order valence-corrected chi connectivity index (χ0v) is 18.4. The van der Waals surface area contributed by atoms with Crippen molar-refractivity contribution >= 4 is 29.2 Å². The second-order valence-corrected chi connectivity index (χ2v) is 9.22. The average Bonchev–Trinajstić information content (AvgIpc) is 3.59. The molecule has 4 amide bonds. The van der Waals surface area contributed by atoms with E-state index in [0.717, 1.165) is 25.2 Å². The van der Waals surface area contributed by atoms with Crippen molar-refractivity contribution in [3.63, 3.8) is 0 Å². The van der Waals surface area contributed by atoms with Gasteiger partial charge in [0, 0.05) is 37.3 Å². The summed E-state index contributed by atoms with van der Waals surface area (Å²) in [6.45, 7) is 5.59. The molecule has 0 aromatic heterocycles. The van der Waals surface area contributed by atoms with E-state index < -0.39 is 0 Å². The molecule has 8 nitrogen and oxygen atoms in total. The van der Waals surface area contributed by atoms with E-state index in [2.05, 4.69) is 10.6 Å². The van der Waals surface area contributed by atoms with E-state index in [1.807, 2.05) is 18.7 Å². The molecule has 4 N–H and O–H groups in total. The number of benzene rings is 1. The van der Waals surface area contributed by atoms with Gasteiger partial charge >= 0.3 is 6.03 Å². The van der Waals surface area contributed by atoms with Crippen LogP contribution in [0.3, 0.4) is 0 Å². The number of carbonyl (C=O) groups excluding carboxylic acids is 3. The molecule has 1 saturated carbocycles. The third kappa shape index (κ3) is 4.69. The molecule has 2 aliphatic heterocycles. The number of nitrogens with one attached hydrogen (secondary N) is 2. The molecule has 3 aliphatic rings. The fourth-order valence-corrected chi connectivity index (χ4v) is 4.31. The van der Waals surface area contributed by atoms with Gasteiger partial charge in [0.15, 0.2) is 0 Å². The average molecular weight is 428 g/mol. The van der Waals surface area contributed by atoms with Gasteiger partial charge < -0.3 is 21.3 Å². The Bertz CT molecular complexity index is 861. The van der Waals surface area contributed by atoms with Crippen LogP contribution in [-0.4, -0.2) is 54.5 Å². The van der Waals surface area contributed by atoms with Crippen LogP contribution < -0.4 is 21.3 Å². The molecule has 1 aromatic rings. The Morgan fingerprint density at radius 1 is 1.16 bits per heavy atom. The second-order valence-electron chi connectivity index (χ2n) is 9.22. The van der Waals surface area contributed by atoms with Crippen LogP contribution in [0.25, 0.3) is 0 Å². The highest BCUT2D eigenvalue weighted by Crippen LogP contribution is 2.35. The van der Waals surface area contributed by atoms with Crippen molar-refractivity contribution in [2.24, 2.45) is 17.6 Å². The minimum Gasteiger partial charge on any atom is -0.352 e. The monoisotopic (exact) mass is 427 g/mol. The summed E-state index contributed by atoms with van der Waals surface area (Å²) in [7, 11) is 0. The lowest BCUT2D eigenvalue weighted by molar-refractivity contribution is -0.119. The highest BCUT2D eigenvalue weighted by Gasteiger charge is 2.37. The van der Waals surface area contributed by atoms with Crippen LogP contribution in [0, 0.1) is 11.8 Å². The highest BCUT2D eigenvalue weighted by molar-refractivity contribution is 6.06. The summed E-state index contributed by atoms with van der Waals surface area (Å²) >= 11 is 0. The molecule has 1 aromatic carbocycles. The maximum absolute atomic E-state index is 13.5. The number of amides is 4. The number of nitrogens with two attached hydrogens (primary N) is 1. The number of piperidine rings is 1. The van der Waals surface area contributed by atoms with Gasteiger partial charge in [0.2, 0.25) is 5.91 Å². The molecule has 1 saturated heterocycles. The van der Waals surface area contributed by atoms with Crippen LogP contribution in [0.4, 0.5) is 16.2 Å². The van der Waals surface area contributed by atoms with E-state index >= 15 is 0 Å². The van der Waals surface area contributed by atoms with Gasteiger partial charge in [0.25, 0.3) is 5.91 Å². The Labute approximate surface area is 183 Å². The number of anilines is 2. The molecule has 2 atom stereocenters. The van der Waals surface area contributed by atoms with Gasteiger partial charge in [-0.2, -0.15) is 0 Å². The minimum absolute atomic E-state index is 0.120. The molecule has 0 spiro atoms. The van der Waals surface area contributed by atoms with Crippen molar-refractivity contribution in [1.29, 1.82) is 0 Å². The maximum Gasteiger partial charge on any atom is 0.324 e. The van der Waals surface area contributed by atoms with E-state index in [-0.39, 0.29) is 35.8 Å². The fourth-order valence-electron chi connectivity index (χ4n) is 4.31. The normalized spacial score (nSPS) is 24.3. The summed E-state index contributed by atoms with van der Waals surface area (Å²) < 4.78 is 0. The van der Waals surface area contributed by atoms with Crippen LogP contribution >= 0.6 is 0 Å². The predicted molar refractivity (Wildman–Crippen MR) is 120 cm³/mol. The molecule has 168 valence electrons. The summed E-state index contributed by atoms with van der Waals surface area (Å²) in [4.78, 5) is 42.3. The third-order valence-electron chi connectivity index (χ3n) is 6.87. The fraction of sp³-hybridized carbons (Fsp3) is 0.609. The van der Waals surface area contributed by atoms with E-state index in [9.17, 15) is 14.4 Å². The molecule has 8 heteroatoms. The van der Waals surface area contributed by atoms with Gasteiger partial charge in [0.05, 0.1) is 17.3 Å². The minimum atomic E-state index is -0.390. The molecule has 1 aliphatic carbocycles. The SMILES string of the molecule is CC1C(=O)Nc2cc(C(=O)NCCC3CC3)ccc2N(C(=O)N2CCC(N)CC2)C1C. The number of carbonyl (C=O) groups is 3. The number of urea groups is 1. The smallest absolute Gasteiger partial charge is 0.324 e. The predicted octanol–water partition coefficient (Wildman–Crippen LogP) is 2.54. The summed E-state index contributed by atoms with van der Waals surface area (Å²) in [5.41, 5.74) is 7.60. The molecular formula is C23H33N5O3. The van der Waals surface area contributed by atoms with Crippen molar-refractivity contribution in [2.45, 2.75) is 58.0 Å². The summed E-state index contributed by atoms with van der Waals surface area (Å²) in [5, 5.41) is 5.88. The molecule has 2 unspecified atom stereocenters. The number of likely N-dealkylation sites (tertiary alicyclic amines) is 1. The lowest BCUT2D eigenvalue weighted by atomic mass is 10.0. The molecule has 31 heavy (non-hydrogen) atoms. The van der Waals surface area contributed by atoms with Crippen LogP contribution in [0.15, 0.2) is 18.2 Å². The first kappa shape index (κ1) is 21.6. The van der Waals surface area contributed by atoms with Crippen molar-refractivity contribution in [3.8, 4) is 0 Å². The van der Waals surface area contributed by atoms with E-state index in [0.29, 0.717) is 36.6 Å². The quantitative estimate of drug-likeness (QED) is 0.686. The lowest BCUT2D eigenvalue weighted by Crippen LogP contribution is -2.53. The van der Waals surface area contributed by atoms with Gasteiger partial charge in [-0.25, -0.2) is 4.79 Å². The van der Waals surface area contributed by atoms with Crippen molar-refractivity contribution in [2.75, 3.05) is 29.9 Å². The van der Waals surface area contributed by atoms with Gasteiger partial charge in [-0.15, -0.1) is 0 Å². The molecule has 2 fully saturated rings. The topological polar surface area (TPSA) is 108 Å². The van der Waals surface area contributed by atoms with Gasteiger partial charge in [0.1, 0.15) is 0 Å². The number of hydrogen-bond acceptors (Lipinski definition) is 4. The maximum atomic E-state index is 13.5. The zero-order valence-electron chi connectivity index (χ0n) is 18.4. The first-order valence-electron chi connectivity index (χ1n) is 11.4. The molecular weight excluding hydrogens is 394 g/mol. The largest absolute Gasteiger partial charge is 0.352 e. The zero-order chi connectivity index (χ0) is 22.1. The highest BCUT2D eigenvalue weighted by atomic mass is 16.2. The Morgan fingerprint density at radius 2 is 1.87 bits per heavy atom. The number of nitrogens with zero attached hydrogens (tertiary/aromatic N) is 2. The van der Waals surface area contributed by atoms with Crippen molar-refractivity contribution < 1.29 is 14.4 Å². The molecule has 2 heterocycles. The number of rotatable bonds is 4. The van der Waals surface area contributed by atoms with Crippen LogP contribution in [-0.2, 0) is 4.79 Å². The van der Waals surface area contributed by atoms with Crippen LogP contribution in [0.2, 0.25) is 0 Å². The second kappa shape index (κ2) is 8.86.